The van der Waals surface area contributed by atoms with Gasteiger partial charge in [0.2, 0.25) is 5.91 Å². The van der Waals surface area contributed by atoms with Gasteiger partial charge in [0, 0.05) is 18.2 Å². The number of carbonyl (C=O) groups is 1. The van der Waals surface area contributed by atoms with Gasteiger partial charge in [-0.3, -0.25) is 4.79 Å². The van der Waals surface area contributed by atoms with Crippen molar-refractivity contribution >= 4 is 5.91 Å². The number of hydrogen-bond donors (Lipinski definition) is 1. The second-order valence-corrected chi connectivity index (χ2v) is 6.19. The summed E-state index contributed by atoms with van der Waals surface area (Å²) in [5.74, 6) is -0.425. The number of halogens is 3. The number of para-hydroxylation sites is 1. The molecule has 28 heavy (non-hydrogen) atoms. The molecule has 3 aromatic rings. The van der Waals surface area contributed by atoms with Gasteiger partial charge in [-0.1, -0.05) is 30.3 Å². The van der Waals surface area contributed by atoms with Crippen molar-refractivity contribution in [3.63, 3.8) is 0 Å². The van der Waals surface area contributed by atoms with E-state index in [0.717, 1.165) is 5.69 Å². The van der Waals surface area contributed by atoms with E-state index in [1.807, 2.05) is 13.0 Å². The van der Waals surface area contributed by atoms with Crippen LogP contribution in [0.2, 0.25) is 0 Å². The number of aromatic nitrogens is 2. The van der Waals surface area contributed by atoms with Crippen LogP contribution in [0.1, 0.15) is 18.3 Å². The van der Waals surface area contributed by atoms with Crippen LogP contribution in [0.3, 0.4) is 0 Å². The highest BCUT2D eigenvalue weighted by molar-refractivity contribution is 5.73. The molecule has 1 aromatic heterocycles. The molecule has 1 N–H and O–H groups in total. The van der Waals surface area contributed by atoms with Crippen molar-refractivity contribution in [2.24, 2.45) is 0 Å². The molecule has 0 spiro atoms. The van der Waals surface area contributed by atoms with Crippen molar-refractivity contribution in [2.45, 2.75) is 26.8 Å². The van der Waals surface area contributed by atoms with Crippen LogP contribution in [0.4, 0.5) is 13.2 Å². The minimum atomic E-state index is -4.77. The number of carbonyl (C=O) groups excluding carboxylic acids is 1. The number of nitrogens with zero attached hydrogens (tertiary/aromatic N) is 2. The van der Waals surface area contributed by atoms with Gasteiger partial charge in [0.05, 0.1) is 17.9 Å². The molecule has 0 bridgehead atoms. The normalized spacial score (nSPS) is 11.3. The van der Waals surface area contributed by atoms with Crippen molar-refractivity contribution < 1.29 is 22.7 Å². The maximum Gasteiger partial charge on any atom is 0.573 e. The Labute approximate surface area is 159 Å². The first-order valence-electron chi connectivity index (χ1n) is 8.48. The maximum absolute atomic E-state index is 12.7. The van der Waals surface area contributed by atoms with Gasteiger partial charge >= 0.3 is 6.36 Å². The summed E-state index contributed by atoms with van der Waals surface area (Å²) in [5.41, 5.74) is 3.09. The topological polar surface area (TPSA) is 56.2 Å². The Kier molecular flexibility index (Phi) is 5.39. The average molecular weight is 389 g/mol. The third-order valence-electron chi connectivity index (χ3n) is 3.97. The van der Waals surface area contributed by atoms with E-state index >= 15 is 0 Å². The third kappa shape index (κ3) is 4.70. The summed E-state index contributed by atoms with van der Waals surface area (Å²) in [6.45, 7) is 3.58. The number of aryl methyl sites for hydroxylation is 1. The van der Waals surface area contributed by atoms with Gasteiger partial charge in [-0.15, -0.1) is 13.2 Å². The van der Waals surface area contributed by atoms with E-state index < -0.39 is 6.36 Å². The second-order valence-electron chi connectivity index (χ2n) is 6.19. The Hall–Kier alpha value is -3.29. The fourth-order valence-corrected chi connectivity index (χ4v) is 2.83. The molecule has 0 unspecified atom stereocenters. The fourth-order valence-electron chi connectivity index (χ4n) is 2.83. The Morgan fingerprint density at radius 1 is 1.14 bits per heavy atom. The summed E-state index contributed by atoms with van der Waals surface area (Å²) in [6, 6.07) is 14.8. The Balaban J connectivity index is 1.95. The van der Waals surface area contributed by atoms with Crippen molar-refractivity contribution in [1.82, 2.24) is 15.1 Å². The predicted octanol–water partition coefficient (Wildman–Crippen LogP) is 4.38. The summed E-state index contributed by atoms with van der Waals surface area (Å²) in [4.78, 5) is 11.1. The predicted molar refractivity (Wildman–Crippen MR) is 97.9 cm³/mol. The van der Waals surface area contributed by atoms with Gasteiger partial charge in [-0.05, 0) is 36.8 Å². The standard InChI is InChI=1S/C20H18F3N3O2/c1-13-10-16(12-24-14(2)27)25-26(13)17-7-5-6-15(11-17)18-8-3-4-9-19(18)28-20(21,22)23/h3-11H,12H2,1-2H3,(H,24,27). The zero-order chi connectivity index (χ0) is 20.3. The molecule has 0 aliphatic rings. The molecule has 1 heterocycles. The molecule has 0 atom stereocenters. The van der Waals surface area contributed by atoms with Crippen molar-refractivity contribution in [1.29, 1.82) is 0 Å². The van der Waals surface area contributed by atoms with Gasteiger partial charge in [0.25, 0.3) is 0 Å². The van der Waals surface area contributed by atoms with Crippen LogP contribution in [0, 0.1) is 6.92 Å². The minimum Gasteiger partial charge on any atom is -0.405 e. The molecular formula is C20H18F3N3O2. The molecule has 0 fully saturated rings. The van der Waals surface area contributed by atoms with Gasteiger partial charge in [0.15, 0.2) is 0 Å². The van der Waals surface area contributed by atoms with Gasteiger partial charge in [-0.2, -0.15) is 5.10 Å². The van der Waals surface area contributed by atoms with E-state index in [4.69, 9.17) is 0 Å². The third-order valence-corrected chi connectivity index (χ3v) is 3.97. The number of ether oxygens (including phenoxy) is 1. The van der Waals surface area contributed by atoms with Gasteiger partial charge in [-0.25, -0.2) is 4.68 Å². The number of alkyl halides is 3. The lowest BCUT2D eigenvalue weighted by molar-refractivity contribution is -0.274. The fraction of sp³-hybridized carbons (Fsp3) is 0.200. The quantitative estimate of drug-likeness (QED) is 0.705. The highest BCUT2D eigenvalue weighted by Gasteiger charge is 2.32. The summed E-state index contributed by atoms with van der Waals surface area (Å²) < 4.78 is 43.9. The number of benzene rings is 2. The molecule has 0 saturated heterocycles. The highest BCUT2D eigenvalue weighted by atomic mass is 19.4. The van der Waals surface area contributed by atoms with Crippen molar-refractivity contribution in [3.05, 3.63) is 66.0 Å². The molecular weight excluding hydrogens is 371 g/mol. The van der Waals surface area contributed by atoms with Crippen molar-refractivity contribution in [3.8, 4) is 22.6 Å². The first-order valence-corrected chi connectivity index (χ1v) is 8.48. The summed E-state index contributed by atoms with van der Waals surface area (Å²) in [7, 11) is 0. The van der Waals surface area contributed by atoms with Crippen LogP contribution in [-0.2, 0) is 11.3 Å². The Bertz CT molecular complexity index is 996. The molecule has 2 aromatic carbocycles. The molecule has 0 saturated carbocycles. The summed E-state index contributed by atoms with van der Waals surface area (Å²) >= 11 is 0. The molecule has 8 heteroatoms. The van der Waals surface area contributed by atoms with Crippen LogP contribution in [0.15, 0.2) is 54.6 Å². The van der Waals surface area contributed by atoms with Crippen LogP contribution in [0.5, 0.6) is 5.75 Å². The van der Waals surface area contributed by atoms with E-state index in [-0.39, 0.29) is 11.7 Å². The maximum atomic E-state index is 12.7. The van der Waals surface area contributed by atoms with Crippen LogP contribution >= 0.6 is 0 Å². The molecule has 5 nitrogen and oxygen atoms in total. The Morgan fingerprint density at radius 2 is 1.89 bits per heavy atom. The number of rotatable bonds is 5. The lowest BCUT2D eigenvalue weighted by Crippen LogP contribution is -2.19. The van der Waals surface area contributed by atoms with Crippen LogP contribution < -0.4 is 10.1 Å². The van der Waals surface area contributed by atoms with Gasteiger partial charge < -0.3 is 10.1 Å². The summed E-state index contributed by atoms with van der Waals surface area (Å²) in [6.07, 6.45) is -4.77. The lowest BCUT2D eigenvalue weighted by Gasteiger charge is -2.14. The molecule has 0 aliphatic carbocycles. The zero-order valence-electron chi connectivity index (χ0n) is 15.2. The van der Waals surface area contributed by atoms with E-state index in [0.29, 0.717) is 29.1 Å². The van der Waals surface area contributed by atoms with E-state index in [9.17, 15) is 18.0 Å². The minimum absolute atomic E-state index is 0.157. The number of hydrogen-bond acceptors (Lipinski definition) is 3. The first-order chi connectivity index (χ1) is 13.2. The number of nitrogens with one attached hydrogen (secondary N) is 1. The smallest absolute Gasteiger partial charge is 0.405 e. The molecule has 1 amide bonds. The molecule has 0 aliphatic heterocycles. The zero-order valence-corrected chi connectivity index (χ0v) is 15.2. The Morgan fingerprint density at radius 3 is 2.61 bits per heavy atom. The highest BCUT2D eigenvalue weighted by Crippen LogP contribution is 2.34. The molecule has 3 rings (SSSR count). The molecule has 0 radical (unpaired) electrons. The van der Waals surface area contributed by atoms with Crippen LogP contribution in [0.25, 0.3) is 16.8 Å². The lowest BCUT2D eigenvalue weighted by atomic mass is 10.0. The molecule has 146 valence electrons. The van der Waals surface area contributed by atoms with E-state index in [2.05, 4.69) is 15.2 Å². The SMILES string of the molecule is CC(=O)NCc1cc(C)n(-c2cccc(-c3ccccc3OC(F)(F)F)c2)n1. The number of amides is 1. The largest absolute Gasteiger partial charge is 0.573 e. The van der Waals surface area contributed by atoms with E-state index in [1.165, 1.54) is 19.1 Å². The first kappa shape index (κ1) is 19.5. The van der Waals surface area contributed by atoms with Gasteiger partial charge in [0.1, 0.15) is 5.75 Å². The van der Waals surface area contributed by atoms with E-state index in [1.54, 1.807) is 41.1 Å². The van der Waals surface area contributed by atoms with Crippen molar-refractivity contribution in [2.75, 3.05) is 0 Å². The monoisotopic (exact) mass is 389 g/mol. The second kappa shape index (κ2) is 7.75. The van der Waals surface area contributed by atoms with Crippen LogP contribution in [-0.4, -0.2) is 22.1 Å². The summed E-state index contributed by atoms with van der Waals surface area (Å²) in [5, 5.41) is 7.14. The average Bonchev–Trinajstić information content (AvgIpc) is 3.00.